The molecule has 30 heavy (non-hydrogen) atoms. The Morgan fingerprint density at radius 2 is 1.83 bits per heavy atom. The summed E-state index contributed by atoms with van der Waals surface area (Å²) in [5, 5.41) is 6.40. The Kier molecular flexibility index (Phi) is 10.7. The third kappa shape index (κ3) is 7.84. The van der Waals surface area contributed by atoms with Crippen molar-refractivity contribution in [1.82, 2.24) is 10.6 Å². The zero-order valence-electron chi connectivity index (χ0n) is 17.6. The van der Waals surface area contributed by atoms with Gasteiger partial charge in [0.2, 0.25) is 0 Å². The molecule has 0 radical (unpaired) electrons. The van der Waals surface area contributed by atoms with Gasteiger partial charge >= 0.3 is 0 Å². The molecule has 9 heteroatoms. The number of hydrogen-bond donors (Lipinski definition) is 2. The first-order valence-corrected chi connectivity index (χ1v) is 11.2. The Labute approximate surface area is 195 Å². The first-order chi connectivity index (χ1) is 13.7. The maximum Gasteiger partial charge on any atom is 0.191 e. The van der Waals surface area contributed by atoms with Crippen molar-refractivity contribution in [3.63, 3.8) is 0 Å². The van der Waals surface area contributed by atoms with Gasteiger partial charge in [0.15, 0.2) is 15.8 Å². The van der Waals surface area contributed by atoms with Crippen LogP contribution >= 0.6 is 24.0 Å². The molecule has 1 unspecified atom stereocenters. The van der Waals surface area contributed by atoms with Crippen LogP contribution in [0, 0.1) is 12.7 Å². The second-order valence-electron chi connectivity index (χ2n) is 6.72. The van der Waals surface area contributed by atoms with Crippen LogP contribution in [-0.4, -0.2) is 40.8 Å². The highest BCUT2D eigenvalue weighted by Crippen LogP contribution is 2.18. The second kappa shape index (κ2) is 12.2. The number of guanidine groups is 1. The number of nitrogens with one attached hydrogen (secondary N) is 2. The Balaban J connectivity index is 0.00000450. The lowest BCUT2D eigenvalue weighted by molar-refractivity contribution is 0.106. The third-order valence-electron chi connectivity index (χ3n) is 4.38. The number of hydrogen-bond acceptors (Lipinski definition) is 4. The number of benzene rings is 2. The number of nitrogens with zero attached hydrogens (tertiary/aromatic N) is 1. The van der Waals surface area contributed by atoms with Gasteiger partial charge in [0.25, 0.3) is 0 Å². The van der Waals surface area contributed by atoms with Crippen molar-refractivity contribution >= 4 is 39.8 Å². The minimum Gasteiger partial charge on any atom is -0.375 e. The average Bonchev–Trinajstić information content (AvgIpc) is 2.66. The molecule has 0 aliphatic rings. The average molecular weight is 549 g/mol. The predicted octanol–water partition coefficient (Wildman–Crippen LogP) is 3.60. The molecule has 0 spiro atoms. The zero-order chi connectivity index (χ0) is 21.4. The third-order valence-corrected chi connectivity index (χ3v) is 5.64. The van der Waals surface area contributed by atoms with E-state index < -0.39 is 9.84 Å². The number of aliphatic imine (C=N–C) groups is 1. The van der Waals surface area contributed by atoms with Gasteiger partial charge in [-0.05, 0) is 48.7 Å². The molecule has 0 aliphatic carbocycles. The fourth-order valence-corrected chi connectivity index (χ4v) is 3.90. The molecule has 0 bridgehead atoms. The highest BCUT2D eigenvalue weighted by Gasteiger charge is 2.12. The zero-order valence-corrected chi connectivity index (χ0v) is 20.8. The van der Waals surface area contributed by atoms with Crippen LogP contribution in [0.4, 0.5) is 4.39 Å². The van der Waals surface area contributed by atoms with Crippen molar-refractivity contribution in [2.45, 2.75) is 31.4 Å². The first-order valence-electron chi connectivity index (χ1n) is 9.34. The standard InChI is InChI=1S/C21H28FN3O3S.HI/c1-5-23-21(25-14-19(28-3)17-7-9-18(22)10-8-17)24-13-16-6-11-20(15(2)12-16)29(4,26)27;/h6-12,19H,5,13-14H2,1-4H3,(H2,23,24,25);1H. The van der Waals surface area contributed by atoms with E-state index in [4.69, 9.17) is 4.74 Å². The van der Waals surface area contributed by atoms with Crippen LogP contribution in [0.15, 0.2) is 52.4 Å². The Morgan fingerprint density at radius 1 is 1.17 bits per heavy atom. The topological polar surface area (TPSA) is 79.8 Å². The smallest absolute Gasteiger partial charge is 0.191 e. The molecule has 0 fully saturated rings. The molecule has 0 aromatic heterocycles. The maximum absolute atomic E-state index is 13.1. The summed E-state index contributed by atoms with van der Waals surface area (Å²) in [5.74, 6) is 0.324. The summed E-state index contributed by atoms with van der Waals surface area (Å²) in [5.41, 5.74) is 2.48. The van der Waals surface area contributed by atoms with Gasteiger partial charge in [0, 0.05) is 26.5 Å². The van der Waals surface area contributed by atoms with Crippen molar-refractivity contribution < 1.29 is 17.5 Å². The van der Waals surface area contributed by atoms with Gasteiger partial charge in [0.05, 0.1) is 17.5 Å². The van der Waals surface area contributed by atoms with Crippen LogP contribution in [0.5, 0.6) is 0 Å². The van der Waals surface area contributed by atoms with E-state index in [1.54, 1.807) is 38.3 Å². The fourth-order valence-electron chi connectivity index (χ4n) is 2.94. The number of aryl methyl sites for hydroxylation is 1. The van der Waals surface area contributed by atoms with Gasteiger partial charge in [-0.25, -0.2) is 17.8 Å². The SMILES string of the molecule is CCNC(=NCc1ccc(S(C)(=O)=O)c(C)c1)NCC(OC)c1ccc(F)cc1.I. The number of methoxy groups -OCH3 is 1. The molecule has 6 nitrogen and oxygen atoms in total. The van der Waals surface area contributed by atoms with Crippen LogP contribution in [0.1, 0.15) is 29.7 Å². The van der Waals surface area contributed by atoms with Crippen molar-refractivity contribution in [3.05, 3.63) is 65.0 Å². The summed E-state index contributed by atoms with van der Waals surface area (Å²) in [6.07, 6.45) is 0.948. The summed E-state index contributed by atoms with van der Waals surface area (Å²) in [6, 6.07) is 11.4. The molecule has 166 valence electrons. The van der Waals surface area contributed by atoms with Crippen LogP contribution in [-0.2, 0) is 21.1 Å². The van der Waals surface area contributed by atoms with Crippen LogP contribution < -0.4 is 10.6 Å². The lowest BCUT2D eigenvalue weighted by Gasteiger charge is -2.19. The molecule has 2 aromatic carbocycles. The molecule has 2 N–H and O–H groups in total. The van der Waals surface area contributed by atoms with Gasteiger partial charge in [-0.2, -0.15) is 0 Å². The second-order valence-corrected chi connectivity index (χ2v) is 8.71. The van der Waals surface area contributed by atoms with E-state index in [0.29, 0.717) is 36.1 Å². The highest BCUT2D eigenvalue weighted by molar-refractivity contribution is 14.0. The monoisotopic (exact) mass is 549 g/mol. The van der Waals surface area contributed by atoms with Crippen molar-refractivity contribution in [2.24, 2.45) is 4.99 Å². The lowest BCUT2D eigenvalue weighted by atomic mass is 10.1. The quantitative estimate of drug-likeness (QED) is 0.299. The molecular formula is C21H29FIN3O3S. The molecule has 0 amide bonds. The van der Waals surface area contributed by atoms with Crippen LogP contribution in [0.3, 0.4) is 0 Å². The van der Waals surface area contributed by atoms with Crippen molar-refractivity contribution in [2.75, 3.05) is 26.5 Å². The normalized spacial score (nSPS) is 12.8. The largest absolute Gasteiger partial charge is 0.375 e. The summed E-state index contributed by atoms with van der Waals surface area (Å²) in [4.78, 5) is 4.89. The maximum atomic E-state index is 13.1. The van der Waals surface area contributed by atoms with Crippen LogP contribution in [0.2, 0.25) is 0 Å². The van der Waals surface area contributed by atoms with E-state index >= 15 is 0 Å². The molecule has 1 atom stereocenters. The molecule has 0 heterocycles. The van der Waals surface area contributed by atoms with Crippen molar-refractivity contribution in [3.8, 4) is 0 Å². The molecule has 0 saturated heterocycles. The molecule has 0 aliphatic heterocycles. The number of sulfone groups is 1. The van der Waals surface area contributed by atoms with E-state index in [2.05, 4.69) is 15.6 Å². The van der Waals surface area contributed by atoms with E-state index in [1.165, 1.54) is 18.4 Å². The predicted molar refractivity (Wildman–Crippen MR) is 129 cm³/mol. The van der Waals surface area contributed by atoms with Gasteiger partial charge in [0.1, 0.15) is 5.82 Å². The van der Waals surface area contributed by atoms with Gasteiger partial charge < -0.3 is 15.4 Å². The van der Waals surface area contributed by atoms with E-state index in [9.17, 15) is 12.8 Å². The van der Waals surface area contributed by atoms with Gasteiger partial charge in [-0.1, -0.05) is 24.3 Å². The van der Waals surface area contributed by atoms with E-state index in [1.807, 2.05) is 13.0 Å². The summed E-state index contributed by atoms with van der Waals surface area (Å²) in [6.45, 7) is 5.29. The van der Waals surface area contributed by atoms with Crippen LogP contribution in [0.25, 0.3) is 0 Å². The molecule has 2 rings (SSSR count). The summed E-state index contributed by atoms with van der Waals surface area (Å²) >= 11 is 0. The van der Waals surface area contributed by atoms with E-state index in [0.717, 1.165) is 11.1 Å². The lowest BCUT2D eigenvalue weighted by Crippen LogP contribution is -2.39. The highest BCUT2D eigenvalue weighted by atomic mass is 127. The molecule has 2 aromatic rings. The Bertz CT molecular complexity index is 950. The summed E-state index contributed by atoms with van der Waals surface area (Å²) in [7, 11) is -1.64. The van der Waals surface area contributed by atoms with Gasteiger partial charge in [-0.15, -0.1) is 24.0 Å². The summed E-state index contributed by atoms with van der Waals surface area (Å²) < 4.78 is 42.1. The number of halogens is 2. The first kappa shape index (κ1) is 26.3. The fraction of sp³-hybridized carbons (Fsp3) is 0.381. The minimum atomic E-state index is -3.24. The van der Waals surface area contributed by atoms with Crippen molar-refractivity contribution in [1.29, 1.82) is 0 Å². The minimum absolute atomic E-state index is 0. The number of ether oxygens (including phenoxy) is 1. The molecular weight excluding hydrogens is 520 g/mol. The Hall–Kier alpha value is -1.72. The van der Waals surface area contributed by atoms with Gasteiger partial charge in [-0.3, -0.25) is 0 Å². The Morgan fingerprint density at radius 3 is 2.37 bits per heavy atom. The number of rotatable bonds is 8. The molecule has 0 saturated carbocycles. The van der Waals surface area contributed by atoms with E-state index in [-0.39, 0.29) is 35.9 Å².